The van der Waals surface area contributed by atoms with Gasteiger partial charge in [0.2, 0.25) is 5.91 Å². The number of amides is 2. The normalized spacial score (nSPS) is 18.3. The van der Waals surface area contributed by atoms with Crippen LogP contribution < -0.4 is 9.80 Å². The van der Waals surface area contributed by atoms with Crippen molar-refractivity contribution in [3.63, 3.8) is 0 Å². The van der Waals surface area contributed by atoms with Gasteiger partial charge in [-0.25, -0.2) is 0 Å². The summed E-state index contributed by atoms with van der Waals surface area (Å²) in [6.45, 7) is 6.76. The Labute approximate surface area is 158 Å². The summed E-state index contributed by atoms with van der Waals surface area (Å²) in [7, 11) is 0. The fourth-order valence-corrected chi connectivity index (χ4v) is 3.85. The summed E-state index contributed by atoms with van der Waals surface area (Å²) in [4.78, 5) is 29.7. The van der Waals surface area contributed by atoms with Gasteiger partial charge in [0.15, 0.2) is 0 Å². The molecule has 2 amide bonds. The summed E-state index contributed by atoms with van der Waals surface area (Å²) < 4.78 is 5.12. The summed E-state index contributed by atoms with van der Waals surface area (Å²) in [5, 5.41) is 4.05. The minimum atomic E-state index is 0.0608. The predicted molar refractivity (Wildman–Crippen MR) is 99.6 cm³/mol. The van der Waals surface area contributed by atoms with Crippen LogP contribution in [0.3, 0.4) is 0 Å². The van der Waals surface area contributed by atoms with E-state index in [9.17, 15) is 9.59 Å². The fraction of sp³-hybridized carbons (Fsp3) is 0.450. The standard InChI is InChI=1S/C20H24N4O3/c1-15-13-17(21-27-15)14-22-9-11-23(12-10-22)20(26)16-4-6-18(7-5-16)24-8-2-3-19(24)25/h4-7,13H,2-3,8-12,14H2,1H3/p+1. The summed E-state index contributed by atoms with van der Waals surface area (Å²) >= 11 is 0. The van der Waals surface area contributed by atoms with E-state index < -0.39 is 0 Å². The Morgan fingerprint density at radius 1 is 1.19 bits per heavy atom. The minimum absolute atomic E-state index is 0.0608. The number of aromatic nitrogens is 1. The molecule has 7 nitrogen and oxygen atoms in total. The highest BCUT2D eigenvalue weighted by molar-refractivity contribution is 5.97. The zero-order valence-corrected chi connectivity index (χ0v) is 15.6. The molecule has 27 heavy (non-hydrogen) atoms. The van der Waals surface area contributed by atoms with Crippen LogP contribution in [0.4, 0.5) is 5.69 Å². The van der Waals surface area contributed by atoms with Crippen molar-refractivity contribution in [1.29, 1.82) is 0 Å². The molecule has 4 rings (SSSR count). The van der Waals surface area contributed by atoms with Gasteiger partial charge >= 0.3 is 0 Å². The molecular formula is C20H25N4O3+. The molecule has 2 aliphatic heterocycles. The van der Waals surface area contributed by atoms with Gasteiger partial charge in [0, 0.05) is 30.3 Å². The van der Waals surface area contributed by atoms with E-state index in [-0.39, 0.29) is 11.8 Å². The molecule has 1 aromatic heterocycles. The first kappa shape index (κ1) is 17.7. The van der Waals surface area contributed by atoms with E-state index in [0.29, 0.717) is 12.0 Å². The molecule has 0 saturated carbocycles. The number of carbonyl (C=O) groups is 2. The lowest BCUT2D eigenvalue weighted by molar-refractivity contribution is -0.917. The van der Waals surface area contributed by atoms with Gasteiger partial charge < -0.3 is 19.2 Å². The van der Waals surface area contributed by atoms with E-state index in [1.165, 1.54) is 4.90 Å². The SMILES string of the molecule is Cc1cc(C[NH+]2CCN(C(=O)c3ccc(N4CCCC4=O)cc3)CC2)no1. The van der Waals surface area contributed by atoms with Crippen molar-refractivity contribution in [2.24, 2.45) is 0 Å². The van der Waals surface area contributed by atoms with Crippen molar-refractivity contribution in [3.8, 4) is 0 Å². The number of anilines is 1. The summed E-state index contributed by atoms with van der Waals surface area (Å²) in [5.74, 6) is 1.05. The van der Waals surface area contributed by atoms with Crippen molar-refractivity contribution in [1.82, 2.24) is 10.1 Å². The molecule has 3 heterocycles. The first-order valence-electron chi connectivity index (χ1n) is 9.55. The van der Waals surface area contributed by atoms with Gasteiger partial charge in [-0.2, -0.15) is 0 Å². The third kappa shape index (κ3) is 3.88. The average Bonchev–Trinajstić information content (AvgIpc) is 3.30. The van der Waals surface area contributed by atoms with Crippen LogP contribution in [0, 0.1) is 6.92 Å². The first-order valence-corrected chi connectivity index (χ1v) is 9.55. The number of benzene rings is 1. The smallest absolute Gasteiger partial charge is 0.254 e. The third-order valence-electron chi connectivity index (χ3n) is 5.36. The molecule has 0 spiro atoms. The molecule has 2 saturated heterocycles. The topological polar surface area (TPSA) is 71.1 Å². The van der Waals surface area contributed by atoms with E-state index in [1.54, 1.807) is 4.90 Å². The van der Waals surface area contributed by atoms with Crippen LogP contribution in [-0.2, 0) is 11.3 Å². The highest BCUT2D eigenvalue weighted by Gasteiger charge is 2.26. The summed E-state index contributed by atoms with van der Waals surface area (Å²) in [6, 6.07) is 9.40. The largest absolute Gasteiger partial charge is 0.361 e. The summed E-state index contributed by atoms with van der Waals surface area (Å²) in [5.41, 5.74) is 2.53. The maximum atomic E-state index is 12.8. The van der Waals surface area contributed by atoms with Crippen LogP contribution in [0.1, 0.15) is 34.7 Å². The van der Waals surface area contributed by atoms with Crippen LogP contribution in [-0.4, -0.2) is 54.6 Å². The number of carbonyl (C=O) groups excluding carboxylic acids is 2. The van der Waals surface area contributed by atoms with Crippen molar-refractivity contribution in [2.75, 3.05) is 37.6 Å². The Hall–Kier alpha value is -2.67. The second-order valence-electron chi connectivity index (χ2n) is 7.34. The number of nitrogens with zero attached hydrogens (tertiary/aromatic N) is 3. The molecule has 1 aromatic carbocycles. The lowest BCUT2D eigenvalue weighted by atomic mass is 10.1. The maximum Gasteiger partial charge on any atom is 0.254 e. The van der Waals surface area contributed by atoms with Crippen LogP contribution in [0.25, 0.3) is 0 Å². The van der Waals surface area contributed by atoms with Crippen molar-refractivity contribution in [2.45, 2.75) is 26.3 Å². The molecule has 1 N–H and O–H groups in total. The van der Waals surface area contributed by atoms with Crippen molar-refractivity contribution < 1.29 is 19.0 Å². The molecule has 142 valence electrons. The van der Waals surface area contributed by atoms with Gasteiger partial charge in [0.1, 0.15) is 18.0 Å². The van der Waals surface area contributed by atoms with Crippen molar-refractivity contribution >= 4 is 17.5 Å². The number of piperazine rings is 1. The molecule has 2 aliphatic rings. The Balaban J connectivity index is 1.33. The Kier molecular flexibility index (Phi) is 4.94. The number of rotatable bonds is 4. The Morgan fingerprint density at radius 2 is 1.93 bits per heavy atom. The maximum absolute atomic E-state index is 12.8. The molecule has 0 unspecified atom stereocenters. The van der Waals surface area contributed by atoms with Crippen LogP contribution in [0.5, 0.6) is 0 Å². The number of quaternary nitrogens is 1. The van der Waals surface area contributed by atoms with Crippen LogP contribution in [0.2, 0.25) is 0 Å². The molecule has 2 fully saturated rings. The second-order valence-corrected chi connectivity index (χ2v) is 7.34. The van der Waals surface area contributed by atoms with E-state index in [4.69, 9.17) is 4.52 Å². The van der Waals surface area contributed by atoms with Gasteiger partial charge in [-0.3, -0.25) is 9.59 Å². The van der Waals surface area contributed by atoms with E-state index >= 15 is 0 Å². The van der Waals surface area contributed by atoms with Gasteiger partial charge in [0.05, 0.1) is 26.2 Å². The number of nitrogens with one attached hydrogen (secondary N) is 1. The van der Waals surface area contributed by atoms with Crippen LogP contribution >= 0.6 is 0 Å². The van der Waals surface area contributed by atoms with E-state index in [2.05, 4.69) is 5.16 Å². The predicted octanol–water partition coefficient (Wildman–Crippen LogP) is 0.651. The lowest BCUT2D eigenvalue weighted by Crippen LogP contribution is -3.13. The third-order valence-corrected chi connectivity index (χ3v) is 5.36. The monoisotopic (exact) mass is 369 g/mol. The van der Waals surface area contributed by atoms with Gasteiger partial charge in [-0.15, -0.1) is 0 Å². The minimum Gasteiger partial charge on any atom is -0.361 e. The second kappa shape index (κ2) is 7.52. The number of hydrogen-bond donors (Lipinski definition) is 1. The summed E-state index contributed by atoms with van der Waals surface area (Å²) in [6.07, 6.45) is 1.52. The van der Waals surface area contributed by atoms with Gasteiger partial charge in [0.25, 0.3) is 5.91 Å². The first-order chi connectivity index (χ1) is 13.1. The molecule has 0 atom stereocenters. The quantitative estimate of drug-likeness (QED) is 0.859. The molecule has 0 aliphatic carbocycles. The van der Waals surface area contributed by atoms with Gasteiger partial charge in [-0.05, 0) is 37.6 Å². The Bertz CT molecular complexity index is 822. The lowest BCUT2D eigenvalue weighted by Gasteiger charge is -2.32. The zero-order chi connectivity index (χ0) is 18.8. The number of hydrogen-bond acceptors (Lipinski definition) is 4. The number of aryl methyl sites for hydroxylation is 1. The highest BCUT2D eigenvalue weighted by Crippen LogP contribution is 2.22. The van der Waals surface area contributed by atoms with Crippen molar-refractivity contribution in [3.05, 3.63) is 47.3 Å². The zero-order valence-electron chi connectivity index (χ0n) is 15.6. The van der Waals surface area contributed by atoms with Gasteiger partial charge in [-0.1, -0.05) is 5.16 Å². The van der Waals surface area contributed by atoms with Crippen LogP contribution in [0.15, 0.2) is 34.9 Å². The molecule has 7 heteroatoms. The molecule has 0 bridgehead atoms. The fourth-order valence-electron chi connectivity index (χ4n) is 3.85. The molecule has 0 radical (unpaired) electrons. The molecule has 2 aromatic rings. The highest BCUT2D eigenvalue weighted by atomic mass is 16.5. The van der Waals surface area contributed by atoms with E-state index in [0.717, 1.165) is 62.8 Å². The molecular weight excluding hydrogens is 344 g/mol. The average molecular weight is 369 g/mol. The van der Waals surface area contributed by atoms with E-state index in [1.807, 2.05) is 42.2 Å². The Morgan fingerprint density at radius 3 is 2.52 bits per heavy atom.